The molecule has 0 aliphatic rings. The van der Waals surface area contributed by atoms with E-state index in [0.717, 1.165) is 11.1 Å². The van der Waals surface area contributed by atoms with E-state index in [1.165, 1.54) is 11.3 Å². The van der Waals surface area contributed by atoms with Crippen LogP contribution in [0.4, 0.5) is 0 Å². The average Bonchev–Trinajstić information content (AvgIpc) is 3.35. The van der Waals surface area contributed by atoms with Gasteiger partial charge in [0.15, 0.2) is 5.76 Å². The molecule has 152 valence electrons. The van der Waals surface area contributed by atoms with E-state index in [9.17, 15) is 4.79 Å². The molecule has 2 aromatic heterocycles. The lowest BCUT2D eigenvalue weighted by molar-refractivity contribution is 0.0951. The lowest BCUT2D eigenvalue weighted by atomic mass is 10.1. The Kier molecular flexibility index (Phi) is 6.56. The molecule has 2 N–H and O–H groups in total. The Balaban J connectivity index is 1.76. The summed E-state index contributed by atoms with van der Waals surface area (Å²) in [6, 6.07) is 10.6. The maximum absolute atomic E-state index is 12.1. The van der Waals surface area contributed by atoms with Crippen molar-refractivity contribution < 1.29 is 14.1 Å². The standard InChI is InChI=1S/C20H21ClN4O3S/c1-4-27-16-9-12(19(22)25(2)3)5-6-14(16)15-10-13(28-24-15)11-23-20(26)17-7-8-18(21)29-17/h5-10,22H,4,11H2,1-3H3,(H,23,26). The fourth-order valence-electron chi connectivity index (χ4n) is 2.63. The zero-order chi connectivity index (χ0) is 21.0. The average molecular weight is 433 g/mol. The molecule has 1 aromatic carbocycles. The van der Waals surface area contributed by atoms with Gasteiger partial charge in [-0.05, 0) is 31.2 Å². The Labute approximate surface area is 177 Å². The molecule has 0 aliphatic heterocycles. The molecule has 3 rings (SSSR count). The predicted octanol–water partition coefficient (Wildman–Crippen LogP) is 4.27. The Morgan fingerprint density at radius 1 is 1.31 bits per heavy atom. The van der Waals surface area contributed by atoms with Gasteiger partial charge in [0.25, 0.3) is 5.91 Å². The first-order valence-electron chi connectivity index (χ1n) is 8.91. The maximum Gasteiger partial charge on any atom is 0.261 e. The largest absolute Gasteiger partial charge is 0.493 e. The number of rotatable bonds is 7. The summed E-state index contributed by atoms with van der Waals surface area (Å²) in [5, 5.41) is 15.0. The fourth-order valence-corrected chi connectivity index (χ4v) is 3.59. The molecule has 0 radical (unpaired) electrons. The van der Waals surface area contributed by atoms with Crippen LogP contribution in [-0.4, -0.2) is 42.5 Å². The monoisotopic (exact) mass is 432 g/mol. The summed E-state index contributed by atoms with van der Waals surface area (Å²) >= 11 is 7.08. The van der Waals surface area contributed by atoms with Crippen LogP contribution in [0.2, 0.25) is 4.34 Å². The minimum absolute atomic E-state index is 0.203. The molecule has 0 spiro atoms. The van der Waals surface area contributed by atoms with Gasteiger partial charge in [-0.15, -0.1) is 11.3 Å². The highest BCUT2D eigenvalue weighted by atomic mass is 35.5. The van der Waals surface area contributed by atoms with E-state index in [4.69, 9.17) is 26.3 Å². The zero-order valence-corrected chi connectivity index (χ0v) is 17.9. The van der Waals surface area contributed by atoms with Gasteiger partial charge >= 0.3 is 0 Å². The number of ether oxygens (including phenoxy) is 1. The van der Waals surface area contributed by atoms with Gasteiger partial charge in [-0.25, -0.2) is 0 Å². The molecule has 3 aromatic rings. The molecular weight excluding hydrogens is 412 g/mol. The molecule has 2 heterocycles. The first kappa shape index (κ1) is 20.9. The lowest BCUT2D eigenvalue weighted by Crippen LogP contribution is -2.21. The van der Waals surface area contributed by atoms with E-state index >= 15 is 0 Å². The number of hydrogen-bond acceptors (Lipinski definition) is 6. The second-order valence-electron chi connectivity index (χ2n) is 6.35. The Morgan fingerprint density at radius 3 is 2.76 bits per heavy atom. The molecule has 0 saturated carbocycles. The second-order valence-corrected chi connectivity index (χ2v) is 8.07. The van der Waals surface area contributed by atoms with Gasteiger partial charge < -0.3 is 19.5 Å². The minimum Gasteiger partial charge on any atom is -0.493 e. The number of aromatic nitrogens is 1. The highest BCUT2D eigenvalue weighted by Crippen LogP contribution is 2.31. The summed E-state index contributed by atoms with van der Waals surface area (Å²) in [5.74, 6) is 1.30. The van der Waals surface area contributed by atoms with Crippen molar-refractivity contribution in [1.82, 2.24) is 15.4 Å². The van der Waals surface area contributed by atoms with Crippen LogP contribution in [0.5, 0.6) is 5.75 Å². The predicted molar refractivity (Wildman–Crippen MR) is 114 cm³/mol. The molecule has 0 atom stereocenters. The molecule has 29 heavy (non-hydrogen) atoms. The van der Waals surface area contributed by atoms with E-state index in [1.54, 1.807) is 23.1 Å². The van der Waals surface area contributed by atoms with Crippen LogP contribution in [0.3, 0.4) is 0 Å². The summed E-state index contributed by atoms with van der Waals surface area (Å²) in [5.41, 5.74) is 2.10. The van der Waals surface area contributed by atoms with E-state index in [-0.39, 0.29) is 12.5 Å². The van der Waals surface area contributed by atoms with Crippen molar-refractivity contribution in [1.29, 1.82) is 5.41 Å². The van der Waals surface area contributed by atoms with Gasteiger partial charge in [-0.2, -0.15) is 0 Å². The van der Waals surface area contributed by atoms with Gasteiger partial charge in [0.1, 0.15) is 17.3 Å². The van der Waals surface area contributed by atoms with Gasteiger partial charge in [-0.3, -0.25) is 10.2 Å². The van der Waals surface area contributed by atoms with Crippen molar-refractivity contribution >= 4 is 34.7 Å². The third-order valence-electron chi connectivity index (χ3n) is 4.06. The smallest absolute Gasteiger partial charge is 0.261 e. The zero-order valence-electron chi connectivity index (χ0n) is 16.3. The number of benzene rings is 1. The van der Waals surface area contributed by atoms with Gasteiger partial charge in [0.05, 0.1) is 22.4 Å². The molecule has 0 unspecified atom stereocenters. The quantitative estimate of drug-likeness (QED) is 0.429. The molecule has 1 amide bonds. The maximum atomic E-state index is 12.1. The Hall–Kier alpha value is -2.84. The summed E-state index contributed by atoms with van der Waals surface area (Å²) in [4.78, 5) is 14.4. The third kappa shape index (κ3) is 4.96. The minimum atomic E-state index is -0.221. The van der Waals surface area contributed by atoms with Crippen LogP contribution in [0.25, 0.3) is 11.3 Å². The summed E-state index contributed by atoms with van der Waals surface area (Å²) in [6.45, 7) is 2.58. The first-order valence-corrected chi connectivity index (χ1v) is 10.1. The number of carbonyl (C=O) groups excluding carboxylic acids is 1. The number of nitrogens with zero attached hydrogens (tertiary/aromatic N) is 2. The Morgan fingerprint density at radius 2 is 2.10 bits per heavy atom. The number of amides is 1. The lowest BCUT2D eigenvalue weighted by Gasteiger charge is -2.16. The SMILES string of the molecule is CCOc1cc(C(=N)N(C)C)ccc1-c1cc(CNC(=O)c2ccc(Cl)s2)on1. The molecule has 0 saturated heterocycles. The molecular formula is C20H21ClN4O3S. The van der Waals surface area contributed by atoms with Crippen molar-refractivity contribution in [2.24, 2.45) is 0 Å². The summed E-state index contributed by atoms with van der Waals surface area (Å²) in [6.07, 6.45) is 0. The first-order chi connectivity index (χ1) is 13.9. The highest BCUT2D eigenvalue weighted by Gasteiger charge is 2.16. The van der Waals surface area contributed by atoms with Crippen molar-refractivity contribution in [2.45, 2.75) is 13.5 Å². The number of thiophene rings is 1. The molecule has 7 nitrogen and oxygen atoms in total. The highest BCUT2D eigenvalue weighted by molar-refractivity contribution is 7.17. The number of nitrogens with one attached hydrogen (secondary N) is 2. The normalized spacial score (nSPS) is 10.6. The van der Waals surface area contributed by atoms with E-state index in [2.05, 4.69) is 10.5 Å². The molecule has 9 heteroatoms. The summed E-state index contributed by atoms with van der Waals surface area (Å²) < 4.78 is 11.7. The second kappa shape index (κ2) is 9.11. The van der Waals surface area contributed by atoms with Crippen LogP contribution < -0.4 is 10.1 Å². The van der Waals surface area contributed by atoms with Crippen LogP contribution in [-0.2, 0) is 6.54 Å². The number of carbonyl (C=O) groups is 1. The third-order valence-corrected chi connectivity index (χ3v) is 5.29. The Bertz CT molecular complexity index is 1030. The van der Waals surface area contributed by atoms with Crippen molar-refractivity contribution in [3.63, 3.8) is 0 Å². The van der Waals surface area contributed by atoms with Crippen LogP contribution in [0, 0.1) is 5.41 Å². The van der Waals surface area contributed by atoms with E-state index < -0.39 is 0 Å². The van der Waals surface area contributed by atoms with Gasteiger partial charge in [-0.1, -0.05) is 22.8 Å². The number of halogens is 1. The summed E-state index contributed by atoms with van der Waals surface area (Å²) in [7, 11) is 3.64. The van der Waals surface area contributed by atoms with Gasteiger partial charge in [0.2, 0.25) is 0 Å². The van der Waals surface area contributed by atoms with Crippen LogP contribution >= 0.6 is 22.9 Å². The van der Waals surface area contributed by atoms with Crippen molar-refractivity contribution in [2.75, 3.05) is 20.7 Å². The van der Waals surface area contributed by atoms with E-state index in [1.807, 2.05) is 39.2 Å². The number of amidine groups is 1. The molecule has 0 fully saturated rings. The fraction of sp³-hybridized carbons (Fsp3) is 0.250. The van der Waals surface area contributed by atoms with Crippen LogP contribution in [0.15, 0.2) is 40.9 Å². The van der Waals surface area contributed by atoms with Crippen molar-refractivity contribution in [3.05, 3.63) is 56.9 Å². The molecule has 0 aliphatic carbocycles. The number of hydrogen-bond donors (Lipinski definition) is 2. The van der Waals surface area contributed by atoms with Gasteiger partial charge in [0, 0.05) is 31.3 Å². The molecule has 0 bridgehead atoms. The van der Waals surface area contributed by atoms with Crippen LogP contribution in [0.1, 0.15) is 27.9 Å². The van der Waals surface area contributed by atoms with Crippen molar-refractivity contribution in [3.8, 4) is 17.0 Å². The topological polar surface area (TPSA) is 91.5 Å². The van der Waals surface area contributed by atoms with E-state index in [0.29, 0.717) is 38.9 Å².